The van der Waals surface area contributed by atoms with E-state index in [1.165, 1.54) is 11.3 Å². The van der Waals surface area contributed by atoms with Crippen LogP contribution in [0.1, 0.15) is 30.4 Å². The van der Waals surface area contributed by atoms with Crippen molar-refractivity contribution in [2.75, 3.05) is 40.3 Å². The van der Waals surface area contributed by atoms with Gasteiger partial charge in [-0.15, -0.1) is 11.3 Å². The molecule has 0 spiro atoms. The van der Waals surface area contributed by atoms with Crippen LogP contribution in [0, 0.1) is 0 Å². The molecule has 1 aromatic heterocycles. The zero-order valence-corrected chi connectivity index (χ0v) is 19.8. The van der Waals surface area contributed by atoms with Crippen molar-refractivity contribution in [3.05, 3.63) is 63.5 Å². The molecule has 2 N–H and O–H groups in total. The van der Waals surface area contributed by atoms with E-state index in [9.17, 15) is 14.4 Å². The Kier molecular flexibility index (Phi) is 6.83. The first-order chi connectivity index (χ1) is 15.9. The Morgan fingerprint density at radius 1 is 0.939 bits per heavy atom. The first-order valence-corrected chi connectivity index (χ1v) is 11.5. The van der Waals surface area contributed by atoms with Crippen LogP contribution in [-0.2, 0) is 0 Å². The van der Waals surface area contributed by atoms with Gasteiger partial charge in [-0.25, -0.2) is 0 Å². The van der Waals surface area contributed by atoms with Gasteiger partial charge in [0.2, 0.25) is 0 Å². The number of ether oxygens (including phenoxy) is 1. The zero-order valence-electron chi connectivity index (χ0n) is 18.2. The van der Waals surface area contributed by atoms with Gasteiger partial charge in [0.15, 0.2) is 0 Å². The zero-order chi connectivity index (χ0) is 23.5. The number of amides is 3. The number of likely N-dealkylation sites (N-methyl/N-ethyl adjacent to an activating group) is 1. The monoisotopic (exact) mass is 486 g/mol. The maximum atomic E-state index is 12.6. The molecule has 1 saturated heterocycles. The predicted octanol–water partition coefficient (Wildman–Crippen LogP) is 3.03. The number of nitrogens with one attached hydrogen (secondary N) is 2. The summed E-state index contributed by atoms with van der Waals surface area (Å²) in [5.74, 6) is -0.411. The molecule has 0 radical (unpaired) electrons. The highest BCUT2D eigenvalue weighted by molar-refractivity contribution is 7.21. The maximum absolute atomic E-state index is 12.6. The fourth-order valence-corrected chi connectivity index (χ4v) is 4.96. The molecule has 1 fully saturated rings. The number of rotatable bonds is 4. The molecule has 0 atom stereocenters. The second-order valence-corrected chi connectivity index (χ2v) is 9.12. The van der Waals surface area contributed by atoms with Crippen molar-refractivity contribution in [2.24, 2.45) is 0 Å². The number of nitrogens with zero attached hydrogens (tertiary/aromatic N) is 2. The van der Waals surface area contributed by atoms with Gasteiger partial charge in [-0.05, 0) is 49.5 Å². The third kappa shape index (κ3) is 4.95. The molecule has 0 saturated carbocycles. The van der Waals surface area contributed by atoms with Crippen molar-refractivity contribution in [3.8, 4) is 5.75 Å². The van der Waals surface area contributed by atoms with Crippen LogP contribution in [0.5, 0.6) is 5.75 Å². The highest BCUT2D eigenvalue weighted by Gasteiger charge is 2.21. The van der Waals surface area contributed by atoms with E-state index in [0.717, 1.165) is 23.2 Å². The average Bonchev–Trinajstić information content (AvgIpc) is 3.18. The first kappa shape index (κ1) is 23.0. The standard InChI is InChI=1S/C23H23ClN4O4S/c1-27-9-11-28(12-10-27)23(31)15-5-3-14(4-6-15)21(29)25-26-22(30)20-19(24)17-8-7-16(32-2)13-18(17)33-20/h3-8,13H,9-12H2,1-2H3,(H,25,29)(H,26,30). The quantitative estimate of drug-likeness (QED) is 0.553. The molecule has 2 aromatic carbocycles. The molecule has 2 heterocycles. The van der Waals surface area contributed by atoms with E-state index in [1.54, 1.807) is 54.5 Å². The predicted molar refractivity (Wildman–Crippen MR) is 128 cm³/mol. The van der Waals surface area contributed by atoms with Crippen molar-refractivity contribution >= 4 is 50.7 Å². The Morgan fingerprint density at radius 3 is 2.24 bits per heavy atom. The number of halogens is 1. The summed E-state index contributed by atoms with van der Waals surface area (Å²) < 4.78 is 6.00. The lowest BCUT2D eigenvalue weighted by Crippen LogP contribution is -2.47. The molecule has 0 bridgehead atoms. The molecule has 3 amide bonds. The minimum Gasteiger partial charge on any atom is -0.497 e. The van der Waals surface area contributed by atoms with Gasteiger partial charge < -0.3 is 14.5 Å². The van der Waals surface area contributed by atoms with Crippen LogP contribution in [0.3, 0.4) is 0 Å². The number of piperazine rings is 1. The summed E-state index contributed by atoms with van der Waals surface area (Å²) in [6.45, 7) is 3.03. The summed E-state index contributed by atoms with van der Waals surface area (Å²) in [6, 6.07) is 11.7. The molecule has 10 heteroatoms. The van der Waals surface area contributed by atoms with Gasteiger partial charge in [0.25, 0.3) is 17.7 Å². The van der Waals surface area contributed by atoms with Crippen molar-refractivity contribution in [3.63, 3.8) is 0 Å². The van der Waals surface area contributed by atoms with Crippen molar-refractivity contribution in [1.29, 1.82) is 0 Å². The minimum absolute atomic E-state index is 0.0561. The fourth-order valence-electron chi connectivity index (χ4n) is 3.52. The fraction of sp³-hybridized carbons (Fsp3) is 0.261. The maximum Gasteiger partial charge on any atom is 0.281 e. The molecular formula is C23H23ClN4O4S. The van der Waals surface area contributed by atoms with Crippen LogP contribution in [0.15, 0.2) is 42.5 Å². The average molecular weight is 487 g/mol. The summed E-state index contributed by atoms with van der Waals surface area (Å²) in [5, 5.41) is 1.05. The van der Waals surface area contributed by atoms with E-state index in [0.29, 0.717) is 35.0 Å². The van der Waals surface area contributed by atoms with E-state index in [-0.39, 0.29) is 10.8 Å². The highest BCUT2D eigenvalue weighted by Crippen LogP contribution is 2.37. The van der Waals surface area contributed by atoms with Crippen molar-refractivity contribution in [1.82, 2.24) is 20.7 Å². The van der Waals surface area contributed by atoms with Crippen molar-refractivity contribution in [2.45, 2.75) is 0 Å². The van der Waals surface area contributed by atoms with Crippen LogP contribution in [0.25, 0.3) is 10.1 Å². The number of fused-ring (bicyclic) bond motifs is 1. The van der Waals surface area contributed by atoms with Gasteiger partial charge >= 0.3 is 0 Å². The van der Waals surface area contributed by atoms with Crippen molar-refractivity contribution < 1.29 is 19.1 Å². The van der Waals surface area contributed by atoms with Gasteiger partial charge in [0.05, 0.1) is 12.1 Å². The summed E-state index contributed by atoms with van der Waals surface area (Å²) in [4.78, 5) is 42.0. The molecule has 0 unspecified atom stereocenters. The van der Waals surface area contributed by atoms with Gasteiger partial charge in [0.1, 0.15) is 10.6 Å². The topological polar surface area (TPSA) is 91.0 Å². The number of benzene rings is 2. The number of hydrogen-bond acceptors (Lipinski definition) is 6. The van der Waals surface area contributed by atoms with Crippen LogP contribution >= 0.6 is 22.9 Å². The van der Waals surface area contributed by atoms with Gasteiger partial charge in [-0.1, -0.05) is 11.6 Å². The second kappa shape index (κ2) is 9.78. The third-order valence-corrected chi connectivity index (χ3v) is 7.17. The Hall–Kier alpha value is -3.14. The van der Waals surface area contributed by atoms with Gasteiger partial charge in [-0.3, -0.25) is 25.2 Å². The number of hydrazine groups is 1. The number of carbonyl (C=O) groups excluding carboxylic acids is 3. The van der Waals surface area contributed by atoms with Crippen LogP contribution in [0.4, 0.5) is 0 Å². The number of thiophene rings is 1. The lowest BCUT2D eigenvalue weighted by molar-refractivity contribution is 0.0663. The van der Waals surface area contributed by atoms with Gasteiger partial charge in [-0.2, -0.15) is 0 Å². The Balaban J connectivity index is 1.37. The van der Waals surface area contributed by atoms with Crippen LogP contribution < -0.4 is 15.6 Å². The molecule has 33 heavy (non-hydrogen) atoms. The van der Waals surface area contributed by atoms with E-state index < -0.39 is 11.8 Å². The normalized spacial score (nSPS) is 14.2. The Bertz CT molecular complexity index is 1200. The Labute approximate surface area is 200 Å². The summed E-state index contributed by atoms with van der Waals surface area (Å²) in [5.41, 5.74) is 5.63. The molecular weight excluding hydrogens is 464 g/mol. The molecule has 1 aliphatic rings. The van der Waals surface area contributed by atoms with E-state index in [1.807, 2.05) is 7.05 Å². The lowest BCUT2D eigenvalue weighted by Gasteiger charge is -2.32. The van der Waals surface area contributed by atoms with Crippen LogP contribution in [-0.4, -0.2) is 67.9 Å². The molecule has 1 aliphatic heterocycles. The molecule has 4 rings (SSSR count). The largest absolute Gasteiger partial charge is 0.497 e. The summed E-state index contributed by atoms with van der Waals surface area (Å²) >= 11 is 7.56. The van der Waals surface area contributed by atoms with Gasteiger partial charge in [0, 0.05) is 47.4 Å². The molecule has 3 aromatic rings. The smallest absolute Gasteiger partial charge is 0.281 e. The molecule has 8 nitrogen and oxygen atoms in total. The molecule has 172 valence electrons. The number of carbonyl (C=O) groups is 3. The summed E-state index contributed by atoms with van der Waals surface area (Å²) in [6.07, 6.45) is 0. The number of hydrogen-bond donors (Lipinski definition) is 2. The van der Waals surface area contributed by atoms with E-state index in [2.05, 4.69) is 15.8 Å². The number of methoxy groups -OCH3 is 1. The highest BCUT2D eigenvalue weighted by atomic mass is 35.5. The first-order valence-electron chi connectivity index (χ1n) is 10.3. The van der Waals surface area contributed by atoms with E-state index in [4.69, 9.17) is 16.3 Å². The SMILES string of the molecule is COc1ccc2c(Cl)c(C(=O)NNC(=O)c3ccc(C(=O)N4CCN(C)CC4)cc3)sc2c1. The lowest BCUT2D eigenvalue weighted by atomic mass is 10.1. The Morgan fingerprint density at radius 2 is 1.58 bits per heavy atom. The summed E-state index contributed by atoms with van der Waals surface area (Å²) in [7, 11) is 3.59. The minimum atomic E-state index is -0.518. The van der Waals surface area contributed by atoms with Crippen LogP contribution in [0.2, 0.25) is 5.02 Å². The second-order valence-electron chi connectivity index (χ2n) is 7.69. The van der Waals surface area contributed by atoms with E-state index >= 15 is 0 Å². The molecule has 0 aliphatic carbocycles. The third-order valence-electron chi connectivity index (χ3n) is 5.52.